The minimum absolute atomic E-state index is 0.578. The van der Waals surface area contributed by atoms with E-state index in [2.05, 4.69) is 44.8 Å². The molecule has 0 aliphatic carbocycles. The summed E-state index contributed by atoms with van der Waals surface area (Å²) < 4.78 is 1.10. The number of hydrogen-bond donors (Lipinski definition) is 1. The number of halogens is 1. The summed E-state index contributed by atoms with van der Waals surface area (Å²) >= 11 is 4.22. The van der Waals surface area contributed by atoms with Crippen LogP contribution in [0.15, 0.2) is 6.20 Å². The first-order valence-corrected chi connectivity index (χ1v) is 6.88. The van der Waals surface area contributed by atoms with Crippen LogP contribution < -0.4 is 5.32 Å². The minimum Gasteiger partial charge on any atom is -0.369 e. The molecule has 14 heavy (non-hydrogen) atoms. The zero-order valence-electron chi connectivity index (χ0n) is 7.96. The average Bonchev–Trinajstić information content (AvgIpc) is 2.08. The number of aromatic nitrogens is 2. The van der Waals surface area contributed by atoms with Crippen molar-refractivity contribution in [2.75, 3.05) is 23.4 Å². The van der Waals surface area contributed by atoms with Gasteiger partial charge in [0.15, 0.2) is 0 Å². The molecule has 5 heteroatoms. The van der Waals surface area contributed by atoms with Gasteiger partial charge in [0.05, 0.1) is 3.57 Å². The van der Waals surface area contributed by atoms with Crippen LogP contribution in [0.5, 0.6) is 0 Å². The van der Waals surface area contributed by atoms with E-state index in [4.69, 9.17) is 0 Å². The van der Waals surface area contributed by atoms with Gasteiger partial charge in [-0.2, -0.15) is 11.8 Å². The fraction of sp³-hybridized carbons (Fsp3) is 0.556. The van der Waals surface area contributed by atoms with E-state index < -0.39 is 0 Å². The van der Waals surface area contributed by atoms with E-state index in [0.717, 1.165) is 21.8 Å². The summed E-state index contributed by atoms with van der Waals surface area (Å²) in [7, 11) is 0. The molecule has 0 atom stereocenters. The smallest absolute Gasteiger partial charge is 0.143 e. The van der Waals surface area contributed by atoms with Crippen LogP contribution in [-0.2, 0) is 0 Å². The van der Waals surface area contributed by atoms with Crippen LogP contribution in [0.25, 0.3) is 0 Å². The van der Waals surface area contributed by atoms with Gasteiger partial charge in [0, 0.05) is 30.2 Å². The summed E-state index contributed by atoms with van der Waals surface area (Å²) in [6, 6.07) is 0. The highest BCUT2D eigenvalue weighted by molar-refractivity contribution is 14.1. The Bertz CT molecular complexity index is 328. The molecule has 2 heterocycles. The Labute approximate surface area is 102 Å². The molecular weight excluding hydrogens is 309 g/mol. The Morgan fingerprint density at radius 1 is 1.64 bits per heavy atom. The fourth-order valence-electron chi connectivity index (χ4n) is 1.25. The summed E-state index contributed by atoms with van der Waals surface area (Å²) in [5.41, 5.74) is 0. The summed E-state index contributed by atoms with van der Waals surface area (Å²) in [4.78, 5) is 8.91. The van der Waals surface area contributed by atoms with E-state index in [9.17, 15) is 0 Å². The predicted molar refractivity (Wildman–Crippen MR) is 69.0 cm³/mol. The van der Waals surface area contributed by atoms with Crippen molar-refractivity contribution < 1.29 is 0 Å². The standard InChI is InChI=1S/C9H12IN3S/c1-2-11-9-7(10)3-12-8(13-9)6-4-14-5-6/h3,6H,2,4-5H2,1H3,(H,11,12,13). The third-order valence-corrected chi connectivity index (χ3v) is 4.18. The average molecular weight is 321 g/mol. The van der Waals surface area contributed by atoms with Crippen LogP contribution in [0.1, 0.15) is 18.7 Å². The molecule has 1 aromatic heterocycles. The van der Waals surface area contributed by atoms with Gasteiger partial charge in [0.25, 0.3) is 0 Å². The molecule has 1 saturated heterocycles. The lowest BCUT2D eigenvalue weighted by atomic mass is 10.2. The molecule has 0 aromatic carbocycles. The maximum atomic E-state index is 4.54. The van der Waals surface area contributed by atoms with Gasteiger partial charge in [-0.25, -0.2) is 9.97 Å². The first-order chi connectivity index (χ1) is 6.81. The molecule has 0 saturated carbocycles. The summed E-state index contributed by atoms with van der Waals surface area (Å²) in [6.45, 7) is 2.99. The molecule has 76 valence electrons. The third kappa shape index (κ3) is 2.13. The van der Waals surface area contributed by atoms with E-state index in [1.165, 1.54) is 11.5 Å². The van der Waals surface area contributed by atoms with Crippen molar-refractivity contribution in [3.05, 3.63) is 15.6 Å². The zero-order valence-corrected chi connectivity index (χ0v) is 10.9. The van der Waals surface area contributed by atoms with Crippen LogP contribution >= 0.6 is 34.4 Å². The van der Waals surface area contributed by atoms with Gasteiger partial charge >= 0.3 is 0 Å². The summed E-state index contributed by atoms with van der Waals surface area (Å²) in [6.07, 6.45) is 1.91. The molecule has 0 radical (unpaired) electrons. The third-order valence-electron chi connectivity index (χ3n) is 2.11. The maximum absolute atomic E-state index is 4.54. The molecule has 0 amide bonds. The lowest BCUT2D eigenvalue weighted by molar-refractivity contribution is 0.762. The Morgan fingerprint density at radius 3 is 3.00 bits per heavy atom. The molecule has 2 rings (SSSR count). The Hall–Kier alpha value is -0.0400. The number of hydrogen-bond acceptors (Lipinski definition) is 4. The van der Waals surface area contributed by atoms with Crippen molar-refractivity contribution in [1.82, 2.24) is 9.97 Å². The number of rotatable bonds is 3. The van der Waals surface area contributed by atoms with Gasteiger partial charge < -0.3 is 5.32 Å². The Kier molecular flexibility index (Phi) is 3.48. The van der Waals surface area contributed by atoms with Crippen molar-refractivity contribution in [3.63, 3.8) is 0 Å². The molecule has 0 unspecified atom stereocenters. The number of nitrogens with zero attached hydrogens (tertiary/aromatic N) is 2. The molecule has 1 N–H and O–H groups in total. The van der Waals surface area contributed by atoms with Crippen molar-refractivity contribution >= 4 is 40.2 Å². The van der Waals surface area contributed by atoms with Crippen LogP contribution in [0.3, 0.4) is 0 Å². The van der Waals surface area contributed by atoms with Crippen LogP contribution in [0.2, 0.25) is 0 Å². The maximum Gasteiger partial charge on any atom is 0.143 e. The van der Waals surface area contributed by atoms with E-state index in [1.807, 2.05) is 18.0 Å². The molecule has 0 spiro atoms. The largest absolute Gasteiger partial charge is 0.369 e. The number of nitrogens with one attached hydrogen (secondary N) is 1. The highest BCUT2D eigenvalue weighted by atomic mass is 127. The van der Waals surface area contributed by atoms with Crippen molar-refractivity contribution in [2.24, 2.45) is 0 Å². The molecule has 3 nitrogen and oxygen atoms in total. The van der Waals surface area contributed by atoms with Crippen molar-refractivity contribution in [1.29, 1.82) is 0 Å². The highest BCUT2D eigenvalue weighted by Gasteiger charge is 2.23. The van der Waals surface area contributed by atoms with Gasteiger partial charge in [0.2, 0.25) is 0 Å². The Balaban J connectivity index is 2.21. The lowest BCUT2D eigenvalue weighted by Gasteiger charge is -2.23. The van der Waals surface area contributed by atoms with Gasteiger partial charge in [-0.1, -0.05) is 0 Å². The molecular formula is C9H12IN3S. The topological polar surface area (TPSA) is 37.8 Å². The highest BCUT2D eigenvalue weighted by Crippen LogP contribution is 2.32. The predicted octanol–water partition coefficient (Wildman–Crippen LogP) is 2.34. The van der Waals surface area contributed by atoms with Gasteiger partial charge in [0.1, 0.15) is 11.6 Å². The molecule has 1 aromatic rings. The van der Waals surface area contributed by atoms with Crippen molar-refractivity contribution in [3.8, 4) is 0 Å². The summed E-state index contributed by atoms with van der Waals surface area (Å²) in [5.74, 6) is 4.91. The van der Waals surface area contributed by atoms with Crippen LogP contribution in [-0.4, -0.2) is 28.0 Å². The minimum atomic E-state index is 0.578. The second-order valence-corrected chi connectivity index (χ2v) is 5.43. The SMILES string of the molecule is CCNc1nc(C2CSC2)ncc1I. The van der Waals surface area contributed by atoms with E-state index in [-0.39, 0.29) is 0 Å². The van der Waals surface area contributed by atoms with E-state index in [1.54, 1.807) is 0 Å². The quantitative estimate of drug-likeness (QED) is 0.867. The summed E-state index contributed by atoms with van der Waals surface area (Å²) in [5, 5.41) is 3.25. The van der Waals surface area contributed by atoms with Crippen molar-refractivity contribution in [2.45, 2.75) is 12.8 Å². The number of anilines is 1. The first kappa shape index (κ1) is 10.5. The second kappa shape index (κ2) is 4.65. The van der Waals surface area contributed by atoms with Crippen LogP contribution in [0, 0.1) is 3.57 Å². The molecule has 1 fully saturated rings. The van der Waals surface area contributed by atoms with Crippen LogP contribution in [0.4, 0.5) is 5.82 Å². The molecule has 1 aliphatic rings. The number of thioether (sulfide) groups is 1. The fourth-order valence-corrected chi connectivity index (χ4v) is 2.47. The monoisotopic (exact) mass is 321 g/mol. The van der Waals surface area contributed by atoms with Gasteiger partial charge in [-0.05, 0) is 29.5 Å². The zero-order chi connectivity index (χ0) is 9.97. The van der Waals surface area contributed by atoms with Gasteiger partial charge in [-0.3, -0.25) is 0 Å². The van der Waals surface area contributed by atoms with E-state index >= 15 is 0 Å². The Morgan fingerprint density at radius 2 is 2.43 bits per heavy atom. The van der Waals surface area contributed by atoms with E-state index in [0.29, 0.717) is 5.92 Å². The first-order valence-electron chi connectivity index (χ1n) is 4.65. The molecule has 1 aliphatic heterocycles. The molecule has 0 bridgehead atoms. The van der Waals surface area contributed by atoms with Gasteiger partial charge in [-0.15, -0.1) is 0 Å². The lowest BCUT2D eigenvalue weighted by Crippen LogP contribution is -2.19. The second-order valence-electron chi connectivity index (χ2n) is 3.19. The normalized spacial score (nSPS) is 16.4.